The van der Waals surface area contributed by atoms with Crippen LogP contribution in [0.15, 0.2) is 64.5 Å². The lowest BCUT2D eigenvalue weighted by molar-refractivity contribution is -0.142. The molecule has 0 spiro atoms. The molecule has 2 amide bonds. The van der Waals surface area contributed by atoms with E-state index in [1.807, 2.05) is 6.92 Å². The van der Waals surface area contributed by atoms with Crippen LogP contribution < -0.4 is 21.3 Å². The van der Waals surface area contributed by atoms with Gasteiger partial charge in [-0.25, -0.2) is 13.2 Å². The Morgan fingerprint density at radius 3 is 2.52 bits per heavy atom. The molecule has 12 nitrogen and oxygen atoms in total. The number of hydrogen-bond donors (Lipinski definition) is 5. The van der Waals surface area contributed by atoms with Crippen molar-refractivity contribution in [2.24, 2.45) is 4.99 Å². The average Bonchev–Trinajstić information content (AvgIpc) is 3.67. The smallest absolute Gasteiger partial charge is 0.326 e. The van der Waals surface area contributed by atoms with E-state index < -0.39 is 39.4 Å². The predicted octanol–water partition coefficient (Wildman–Crippen LogP) is 1.61. The predicted molar refractivity (Wildman–Crippen MR) is 162 cm³/mol. The molecular weight excluding hydrogens is 580 g/mol. The van der Waals surface area contributed by atoms with Crippen LogP contribution in [0.3, 0.4) is 0 Å². The van der Waals surface area contributed by atoms with Gasteiger partial charge >= 0.3 is 5.97 Å². The second-order valence-corrected chi connectivity index (χ2v) is 13.0. The van der Waals surface area contributed by atoms with E-state index in [-0.39, 0.29) is 23.0 Å². The minimum atomic E-state index is -3.98. The Balaban J connectivity index is 1.33. The zero-order chi connectivity index (χ0) is 30.1. The number of anilines is 1. The van der Waals surface area contributed by atoms with Gasteiger partial charge in [-0.3, -0.25) is 14.6 Å². The molecule has 3 atom stereocenters. The highest BCUT2D eigenvalue weighted by Gasteiger charge is 2.46. The number of rotatable bonds is 13. The summed E-state index contributed by atoms with van der Waals surface area (Å²) in [7, 11) is -3.98. The van der Waals surface area contributed by atoms with Gasteiger partial charge in [0.15, 0.2) is 5.96 Å². The average molecular weight is 617 g/mol. The van der Waals surface area contributed by atoms with Crippen molar-refractivity contribution in [1.29, 1.82) is 0 Å². The van der Waals surface area contributed by atoms with Gasteiger partial charge in [0.1, 0.15) is 12.1 Å². The van der Waals surface area contributed by atoms with E-state index in [0.717, 1.165) is 19.0 Å². The first-order valence-electron chi connectivity index (χ1n) is 13.8. The van der Waals surface area contributed by atoms with Crippen molar-refractivity contribution in [3.63, 3.8) is 0 Å². The van der Waals surface area contributed by atoms with Crippen molar-refractivity contribution in [3.8, 4) is 0 Å². The minimum Gasteiger partial charge on any atom is -0.480 e. The lowest BCUT2D eigenvalue weighted by Crippen LogP contribution is -2.53. The fraction of sp³-hybridized carbons (Fsp3) is 0.429. The van der Waals surface area contributed by atoms with E-state index in [1.54, 1.807) is 42.5 Å². The largest absolute Gasteiger partial charge is 0.480 e. The van der Waals surface area contributed by atoms with Gasteiger partial charge in [0.05, 0.1) is 16.8 Å². The van der Waals surface area contributed by atoms with E-state index in [4.69, 9.17) is 0 Å². The normalized spacial score (nSPS) is 19.4. The lowest BCUT2D eigenvalue weighted by Gasteiger charge is -2.28. The number of benzene rings is 2. The topological polar surface area (TPSA) is 169 Å². The molecule has 0 aromatic heterocycles. The van der Waals surface area contributed by atoms with Gasteiger partial charge in [-0.1, -0.05) is 37.3 Å². The summed E-state index contributed by atoms with van der Waals surface area (Å²) in [5.74, 6) is -1.05. The van der Waals surface area contributed by atoms with Crippen LogP contribution in [0.1, 0.15) is 31.7 Å². The van der Waals surface area contributed by atoms with Gasteiger partial charge < -0.3 is 26.4 Å². The zero-order valence-corrected chi connectivity index (χ0v) is 24.9. The number of nitrogens with zero attached hydrogens (tertiary/aromatic N) is 2. The number of amides is 2. The second kappa shape index (κ2) is 14.5. The molecule has 0 bridgehead atoms. The van der Waals surface area contributed by atoms with Gasteiger partial charge in [-0.15, -0.1) is 11.8 Å². The molecule has 2 aromatic carbocycles. The number of nitrogens with one attached hydrogen (secondary N) is 4. The van der Waals surface area contributed by atoms with Crippen LogP contribution >= 0.6 is 11.8 Å². The van der Waals surface area contributed by atoms with Gasteiger partial charge in [0, 0.05) is 37.4 Å². The number of aliphatic carboxylic acids is 1. The Bertz CT molecular complexity index is 1390. The number of carbonyl (C=O) groups excluding carboxylic acids is 2. The maximum absolute atomic E-state index is 13.4. The number of carboxylic acid groups (broad SMARTS) is 1. The summed E-state index contributed by atoms with van der Waals surface area (Å²) < 4.78 is 28.1. The number of aliphatic imine (C=N–C) groups is 1. The minimum absolute atomic E-state index is 0.0125. The summed E-state index contributed by atoms with van der Waals surface area (Å²) in [6, 6.07) is 12.3. The van der Waals surface area contributed by atoms with E-state index in [1.165, 1.54) is 28.2 Å². The molecule has 226 valence electrons. The standard InChI is InChI=1S/C28H36N6O6S2/c1-2-25-34(42(39,40)21-7-4-3-5-8-21)23(18-41-25)26(36)33-22(27(37)38)17-19-10-12-20(13-11-19)32-24(35)9-6-14-29-28-30-15-16-31-28/h3-5,7-8,10-13,22-23,25H,2,6,9,14-18H2,1H3,(H,32,35)(H,33,36)(H,37,38)(H2,29,30,31)/t22-,23-,25?/m0/s1. The first kappa shape index (κ1) is 31.3. The van der Waals surface area contributed by atoms with Crippen molar-refractivity contribution < 1.29 is 27.9 Å². The molecule has 42 heavy (non-hydrogen) atoms. The molecule has 1 fully saturated rings. The van der Waals surface area contributed by atoms with Crippen LogP contribution in [-0.2, 0) is 30.8 Å². The Morgan fingerprint density at radius 2 is 1.88 bits per heavy atom. The Labute approximate surface area is 249 Å². The molecule has 2 aromatic rings. The number of guanidine groups is 1. The number of carboxylic acids is 1. The van der Waals surface area contributed by atoms with Crippen LogP contribution in [-0.4, -0.2) is 84.4 Å². The number of sulfonamides is 1. The highest BCUT2D eigenvalue weighted by molar-refractivity contribution is 8.01. The van der Waals surface area contributed by atoms with Crippen molar-refractivity contribution >= 4 is 51.2 Å². The highest BCUT2D eigenvalue weighted by atomic mass is 32.2. The van der Waals surface area contributed by atoms with Crippen LogP contribution in [0.25, 0.3) is 0 Å². The van der Waals surface area contributed by atoms with Gasteiger partial charge in [-0.2, -0.15) is 4.31 Å². The monoisotopic (exact) mass is 616 g/mol. The van der Waals surface area contributed by atoms with Crippen molar-refractivity contribution in [3.05, 3.63) is 60.2 Å². The van der Waals surface area contributed by atoms with Crippen molar-refractivity contribution in [2.75, 3.05) is 30.7 Å². The summed E-state index contributed by atoms with van der Waals surface area (Å²) >= 11 is 1.36. The SMILES string of the molecule is CCC1SC[C@@H](C(=O)N[C@@H](Cc2ccc(NC(=O)CCCNC3=NCCN3)cc2)C(=O)O)N1S(=O)(=O)c1ccccc1. The quantitative estimate of drug-likeness (QED) is 0.210. The molecule has 14 heteroatoms. The van der Waals surface area contributed by atoms with Crippen LogP contribution in [0.4, 0.5) is 5.69 Å². The maximum atomic E-state index is 13.4. The summed E-state index contributed by atoms with van der Waals surface area (Å²) in [4.78, 5) is 42.0. The molecule has 0 saturated carbocycles. The maximum Gasteiger partial charge on any atom is 0.326 e. The molecule has 0 aliphatic carbocycles. The molecule has 2 aliphatic heterocycles. The number of hydrogen-bond acceptors (Lipinski definition) is 9. The third-order valence-electron chi connectivity index (χ3n) is 6.85. The number of carbonyl (C=O) groups is 3. The first-order valence-corrected chi connectivity index (χ1v) is 16.3. The Morgan fingerprint density at radius 1 is 1.14 bits per heavy atom. The van der Waals surface area contributed by atoms with Gasteiger partial charge in [-0.05, 0) is 42.7 Å². The van der Waals surface area contributed by atoms with Crippen molar-refractivity contribution in [2.45, 2.75) is 55.0 Å². The summed E-state index contributed by atoms with van der Waals surface area (Å²) in [5.41, 5.74) is 1.21. The molecule has 0 radical (unpaired) electrons. The molecule has 1 saturated heterocycles. The molecule has 2 heterocycles. The molecule has 4 rings (SSSR count). The van der Waals surface area contributed by atoms with Crippen molar-refractivity contribution in [1.82, 2.24) is 20.3 Å². The summed E-state index contributed by atoms with van der Waals surface area (Å²) in [6.07, 6.45) is 1.44. The van der Waals surface area contributed by atoms with E-state index in [0.29, 0.717) is 37.1 Å². The number of thioether (sulfide) groups is 1. The summed E-state index contributed by atoms with van der Waals surface area (Å²) in [5, 5.41) is 21.0. The Kier molecular flexibility index (Phi) is 10.8. The molecule has 1 unspecified atom stereocenters. The third kappa shape index (κ3) is 8.01. The van der Waals surface area contributed by atoms with E-state index in [2.05, 4.69) is 26.3 Å². The van der Waals surface area contributed by atoms with Crippen LogP contribution in [0.2, 0.25) is 0 Å². The van der Waals surface area contributed by atoms with Gasteiger partial charge in [0.2, 0.25) is 21.8 Å². The summed E-state index contributed by atoms with van der Waals surface area (Å²) in [6.45, 7) is 4.03. The molecule has 5 N–H and O–H groups in total. The van der Waals surface area contributed by atoms with Crippen LogP contribution in [0, 0.1) is 0 Å². The molecule has 2 aliphatic rings. The second-order valence-electron chi connectivity index (χ2n) is 9.90. The fourth-order valence-electron chi connectivity index (χ4n) is 4.70. The van der Waals surface area contributed by atoms with E-state index >= 15 is 0 Å². The zero-order valence-electron chi connectivity index (χ0n) is 23.3. The highest BCUT2D eigenvalue weighted by Crippen LogP contribution is 2.36. The molecular formula is C28H36N6O6S2. The Hall–Kier alpha value is -3.62. The van der Waals surface area contributed by atoms with Gasteiger partial charge in [0.25, 0.3) is 0 Å². The fourth-order valence-corrected chi connectivity index (χ4v) is 8.27. The lowest BCUT2D eigenvalue weighted by atomic mass is 10.0. The third-order valence-corrected chi connectivity index (χ3v) is 10.4. The van der Waals surface area contributed by atoms with E-state index in [9.17, 15) is 27.9 Å². The van der Waals surface area contributed by atoms with Crippen LogP contribution in [0.5, 0.6) is 0 Å². The first-order chi connectivity index (χ1) is 20.2.